The fourth-order valence-electron chi connectivity index (χ4n) is 2.95. The van der Waals surface area contributed by atoms with E-state index in [0.717, 1.165) is 18.5 Å². The van der Waals surface area contributed by atoms with Gasteiger partial charge in [-0.25, -0.2) is 0 Å². The van der Waals surface area contributed by atoms with Crippen LogP contribution in [-0.2, 0) is 11.2 Å². The van der Waals surface area contributed by atoms with Crippen molar-refractivity contribution < 1.29 is 4.79 Å². The predicted octanol–water partition coefficient (Wildman–Crippen LogP) is 3.89. The van der Waals surface area contributed by atoms with E-state index >= 15 is 0 Å². The van der Waals surface area contributed by atoms with Crippen LogP contribution >= 0.6 is 0 Å². The number of benzene rings is 2. The number of amides is 1. The zero-order chi connectivity index (χ0) is 13.9. The topological polar surface area (TPSA) is 20.3 Å². The van der Waals surface area contributed by atoms with Gasteiger partial charge in [-0.3, -0.25) is 4.79 Å². The van der Waals surface area contributed by atoms with Crippen LogP contribution in [0.1, 0.15) is 23.6 Å². The summed E-state index contributed by atoms with van der Waals surface area (Å²) in [6.45, 7) is 3.64. The van der Waals surface area contributed by atoms with Crippen LogP contribution in [-0.4, -0.2) is 5.91 Å². The smallest absolute Gasteiger partial charge is 0.250 e. The van der Waals surface area contributed by atoms with Crippen molar-refractivity contribution in [2.45, 2.75) is 18.9 Å². The SMILES string of the molecule is C=CC(=O)N(c1ccccc1)C1CCc2ccccc21. The number of aryl methyl sites for hydroxylation is 1. The Kier molecular flexibility index (Phi) is 3.38. The van der Waals surface area contributed by atoms with Gasteiger partial charge in [0.2, 0.25) is 0 Å². The molecule has 1 aliphatic carbocycles. The first kappa shape index (κ1) is 12.7. The predicted molar refractivity (Wildman–Crippen MR) is 81.6 cm³/mol. The quantitative estimate of drug-likeness (QED) is 0.769. The van der Waals surface area contributed by atoms with Crippen molar-refractivity contribution in [3.63, 3.8) is 0 Å². The summed E-state index contributed by atoms with van der Waals surface area (Å²) in [5.41, 5.74) is 3.53. The van der Waals surface area contributed by atoms with E-state index in [4.69, 9.17) is 0 Å². The molecule has 1 unspecified atom stereocenters. The van der Waals surface area contributed by atoms with Gasteiger partial charge in [-0.15, -0.1) is 0 Å². The molecule has 0 aromatic heterocycles. The Morgan fingerprint density at radius 1 is 1.10 bits per heavy atom. The van der Waals surface area contributed by atoms with Crippen molar-refractivity contribution in [2.24, 2.45) is 0 Å². The van der Waals surface area contributed by atoms with E-state index in [1.165, 1.54) is 17.2 Å². The lowest BCUT2D eigenvalue weighted by molar-refractivity contribution is -0.114. The van der Waals surface area contributed by atoms with Crippen LogP contribution in [0.15, 0.2) is 67.3 Å². The standard InChI is InChI=1S/C18H17NO/c1-2-18(20)19(15-9-4-3-5-10-15)17-13-12-14-8-6-7-11-16(14)17/h2-11,17H,1,12-13H2. The molecular formula is C18H17NO. The number of rotatable bonds is 3. The Hall–Kier alpha value is -2.35. The summed E-state index contributed by atoms with van der Waals surface area (Å²) in [5, 5.41) is 0. The third-order valence-electron chi connectivity index (χ3n) is 3.86. The van der Waals surface area contributed by atoms with Crippen LogP contribution in [0.3, 0.4) is 0 Å². The van der Waals surface area contributed by atoms with Crippen LogP contribution in [0.25, 0.3) is 0 Å². The molecule has 20 heavy (non-hydrogen) atoms. The summed E-state index contributed by atoms with van der Waals surface area (Å²) < 4.78 is 0. The van der Waals surface area contributed by atoms with Crippen molar-refractivity contribution in [2.75, 3.05) is 4.90 Å². The summed E-state index contributed by atoms with van der Waals surface area (Å²) in [6, 6.07) is 18.3. The minimum atomic E-state index is -0.0436. The molecular weight excluding hydrogens is 246 g/mol. The van der Waals surface area contributed by atoms with E-state index in [1.54, 1.807) is 0 Å². The van der Waals surface area contributed by atoms with E-state index in [0.29, 0.717) is 0 Å². The largest absolute Gasteiger partial charge is 0.301 e. The molecule has 100 valence electrons. The average molecular weight is 263 g/mol. The molecule has 0 saturated carbocycles. The Balaban J connectivity index is 2.04. The molecule has 0 N–H and O–H groups in total. The maximum absolute atomic E-state index is 12.3. The van der Waals surface area contributed by atoms with E-state index in [9.17, 15) is 4.79 Å². The zero-order valence-corrected chi connectivity index (χ0v) is 11.3. The summed E-state index contributed by atoms with van der Waals surface area (Å²) in [5.74, 6) is -0.0436. The maximum Gasteiger partial charge on any atom is 0.250 e. The Morgan fingerprint density at radius 3 is 2.55 bits per heavy atom. The fourth-order valence-corrected chi connectivity index (χ4v) is 2.95. The van der Waals surface area contributed by atoms with Crippen molar-refractivity contribution >= 4 is 11.6 Å². The van der Waals surface area contributed by atoms with Crippen molar-refractivity contribution in [1.82, 2.24) is 0 Å². The monoisotopic (exact) mass is 263 g/mol. The molecule has 0 fully saturated rings. The van der Waals surface area contributed by atoms with Gasteiger partial charge in [0.15, 0.2) is 0 Å². The molecule has 0 bridgehead atoms. The second-order valence-electron chi connectivity index (χ2n) is 5.00. The number of fused-ring (bicyclic) bond motifs is 1. The Morgan fingerprint density at radius 2 is 1.80 bits per heavy atom. The van der Waals surface area contributed by atoms with Crippen molar-refractivity contribution in [3.8, 4) is 0 Å². The lowest BCUT2D eigenvalue weighted by Crippen LogP contribution is -2.32. The molecule has 0 heterocycles. The van der Waals surface area contributed by atoms with Gasteiger partial charge in [0, 0.05) is 5.69 Å². The zero-order valence-electron chi connectivity index (χ0n) is 11.3. The van der Waals surface area contributed by atoms with Gasteiger partial charge in [-0.05, 0) is 42.2 Å². The number of hydrogen-bond donors (Lipinski definition) is 0. The normalized spacial score (nSPS) is 16.5. The van der Waals surface area contributed by atoms with Crippen LogP contribution in [0.2, 0.25) is 0 Å². The highest BCUT2D eigenvalue weighted by Gasteiger charge is 2.30. The highest BCUT2D eigenvalue weighted by atomic mass is 16.2. The van der Waals surface area contributed by atoms with E-state index < -0.39 is 0 Å². The minimum absolute atomic E-state index is 0.0436. The van der Waals surface area contributed by atoms with Gasteiger partial charge in [-0.1, -0.05) is 49.0 Å². The van der Waals surface area contributed by atoms with Crippen LogP contribution in [0.5, 0.6) is 0 Å². The summed E-state index contributed by atoms with van der Waals surface area (Å²) in [7, 11) is 0. The molecule has 0 aliphatic heterocycles. The first-order chi connectivity index (χ1) is 9.81. The van der Waals surface area contributed by atoms with Gasteiger partial charge >= 0.3 is 0 Å². The minimum Gasteiger partial charge on any atom is -0.301 e. The molecule has 2 aromatic rings. The van der Waals surface area contributed by atoms with Crippen molar-refractivity contribution in [3.05, 3.63) is 78.4 Å². The van der Waals surface area contributed by atoms with E-state index in [2.05, 4.69) is 24.8 Å². The molecule has 2 nitrogen and oxygen atoms in total. The first-order valence-corrected chi connectivity index (χ1v) is 6.89. The fraction of sp³-hybridized carbons (Fsp3) is 0.167. The Labute approximate surface area is 119 Å². The second-order valence-corrected chi connectivity index (χ2v) is 5.00. The molecule has 3 rings (SSSR count). The Bertz CT molecular complexity index is 633. The molecule has 0 radical (unpaired) electrons. The number of carbonyl (C=O) groups is 1. The average Bonchev–Trinajstić information content (AvgIpc) is 2.92. The highest BCUT2D eigenvalue weighted by molar-refractivity contribution is 6.01. The summed E-state index contributed by atoms with van der Waals surface area (Å²) >= 11 is 0. The molecule has 2 heteroatoms. The van der Waals surface area contributed by atoms with Crippen LogP contribution in [0, 0.1) is 0 Å². The number of para-hydroxylation sites is 1. The molecule has 1 aliphatic rings. The van der Waals surface area contributed by atoms with Gasteiger partial charge in [0.25, 0.3) is 5.91 Å². The number of hydrogen-bond acceptors (Lipinski definition) is 1. The lowest BCUT2D eigenvalue weighted by atomic mass is 10.1. The first-order valence-electron chi connectivity index (χ1n) is 6.89. The van der Waals surface area contributed by atoms with Gasteiger partial charge in [0.05, 0.1) is 6.04 Å². The van der Waals surface area contributed by atoms with Crippen LogP contribution < -0.4 is 4.90 Å². The molecule has 0 saturated heterocycles. The third kappa shape index (κ3) is 2.14. The number of nitrogens with zero attached hydrogens (tertiary/aromatic N) is 1. The second kappa shape index (κ2) is 5.33. The van der Waals surface area contributed by atoms with Gasteiger partial charge in [0.1, 0.15) is 0 Å². The molecule has 0 spiro atoms. The van der Waals surface area contributed by atoms with E-state index in [-0.39, 0.29) is 11.9 Å². The van der Waals surface area contributed by atoms with Crippen molar-refractivity contribution in [1.29, 1.82) is 0 Å². The molecule has 1 amide bonds. The highest BCUT2D eigenvalue weighted by Crippen LogP contribution is 2.38. The number of carbonyl (C=O) groups excluding carboxylic acids is 1. The van der Waals surface area contributed by atoms with Crippen LogP contribution in [0.4, 0.5) is 5.69 Å². The lowest BCUT2D eigenvalue weighted by Gasteiger charge is -2.29. The van der Waals surface area contributed by atoms with Gasteiger partial charge in [-0.2, -0.15) is 0 Å². The molecule has 1 atom stereocenters. The third-order valence-corrected chi connectivity index (χ3v) is 3.86. The summed E-state index contributed by atoms with van der Waals surface area (Å²) in [6.07, 6.45) is 3.39. The molecule has 2 aromatic carbocycles. The number of anilines is 1. The van der Waals surface area contributed by atoms with Gasteiger partial charge < -0.3 is 4.90 Å². The maximum atomic E-state index is 12.3. The van der Waals surface area contributed by atoms with E-state index in [1.807, 2.05) is 41.3 Å². The summed E-state index contributed by atoms with van der Waals surface area (Å²) in [4.78, 5) is 14.2.